The zero-order valence-electron chi connectivity index (χ0n) is 25.7. The number of rotatable bonds is 2. The smallest absolute Gasteiger partial charge is 0.337 e. The minimum absolute atomic E-state index is 0.0845. The Morgan fingerprint density at radius 3 is 1.02 bits per heavy atom. The van der Waals surface area contributed by atoms with Crippen LogP contribution in [-0.2, 0) is 9.47 Å². The SMILES string of the molecule is COC(=O)c1ccc(C#CC23CCC(C#CC#CC45CCC(C#Cc6ccc(C(=O)OC)cc6)(CC4)CC5)(CC2)CC3)cc1. The molecule has 0 N–H and O–H groups in total. The molecular formula is C40H38O4. The number of hydrogen-bond acceptors (Lipinski definition) is 4. The van der Waals surface area contributed by atoms with Crippen molar-refractivity contribution in [2.24, 2.45) is 21.7 Å². The molecule has 2 aromatic rings. The predicted molar refractivity (Wildman–Crippen MR) is 170 cm³/mol. The fourth-order valence-electron chi connectivity index (χ4n) is 7.47. The van der Waals surface area contributed by atoms with Gasteiger partial charge in [-0.3, -0.25) is 0 Å². The summed E-state index contributed by atoms with van der Waals surface area (Å²) in [5, 5.41) is 0. The Bertz CT molecular complexity index is 1520. The Labute approximate surface area is 261 Å². The predicted octanol–water partition coefficient (Wildman–Crippen LogP) is 7.35. The van der Waals surface area contributed by atoms with Crippen LogP contribution in [0.2, 0.25) is 0 Å². The summed E-state index contributed by atoms with van der Waals surface area (Å²) in [7, 11) is 2.79. The van der Waals surface area contributed by atoms with Gasteiger partial charge in [-0.15, -0.1) is 0 Å². The first kappa shape index (κ1) is 29.7. The number of hydrogen-bond donors (Lipinski definition) is 0. The van der Waals surface area contributed by atoms with Gasteiger partial charge >= 0.3 is 11.9 Å². The molecule has 6 aliphatic carbocycles. The first-order valence-corrected chi connectivity index (χ1v) is 15.8. The van der Waals surface area contributed by atoms with Crippen molar-refractivity contribution < 1.29 is 19.1 Å². The molecule has 0 spiro atoms. The molecular weight excluding hydrogens is 544 g/mol. The van der Waals surface area contributed by atoms with E-state index in [-0.39, 0.29) is 33.6 Å². The van der Waals surface area contributed by atoms with Gasteiger partial charge in [-0.2, -0.15) is 0 Å². The molecule has 0 saturated heterocycles. The van der Waals surface area contributed by atoms with Crippen molar-refractivity contribution >= 4 is 11.9 Å². The van der Waals surface area contributed by atoms with Crippen LogP contribution in [0.15, 0.2) is 48.5 Å². The third-order valence-electron chi connectivity index (χ3n) is 10.8. The van der Waals surface area contributed by atoms with Gasteiger partial charge in [0.1, 0.15) is 0 Å². The fourth-order valence-corrected chi connectivity index (χ4v) is 7.47. The molecule has 222 valence electrons. The lowest BCUT2D eigenvalue weighted by Crippen LogP contribution is -2.40. The van der Waals surface area contributed by atoms with Gasteiger partial charge in [0.15, 0.2) is 0 Å². The number of fused-ring (bicyclic) bond motifs is 6. The van der Waals surface area contributed by atoms with Crippen molar-refractivity contribution in [2.45, 2.75) is 77.0 Å². The van der Waals surface area contributed by atoms with Crippen molar-refractivity contribution in [3.05, 3.63) is 70.8 Å². The highest BCUT2D eigenvalue weighted by Crippen LogP contribution is 2.57. The molecule has 0 aliphatic heterocycles. The van der Waals surface area contributed by atoms with Crippen LogP contribution in [0.1, 0.15) is 109 Å². The lowest BCUT2D eigenvalue weighted by atomic mass is 9.54. The number of ether oxygens (including phenoxy) is 2. The third-order valence-corrected chi connectivity index (χ3v) is 10.8. The van der Waals surface area contributed by atoms with Crippen molar-refractivity contribution in [1.82, 2.24) is 0 Å². The molecule has 0 radical (unpaired) electrons. The van der Waals surface area contributed by atoms with Crippen LogP contribution < -0.4 is 0 Å². The molecule has 2 aromatic carbocycles. The van der Waals surface area contributed by atoms with E-state index in [2.05, 4.69) is 47.4 Å². The van der Waals surface area contributed by atoms with Gasteiger partial charge in [0.25, 0.3) is 0 Å². The van der Waals surface area contributed by atoms with Crippen molar-refractivity contribution in [2.75, 3.05) is 14.2 Å². The first-order valence-electron chi connectivity index (χ1n) is 15.8. The molecule has 6 saturated carbocycles. The van der Waals surface area contributed by atoms with E-state index in [9.17, 15) is 9.59 Å². The first-order chi connectivity index (χ1) is 21.3. The lowest BCUT2D eigenvalue weighted by molar-refractivity contribution is 0.0592. The lowest BCUT2D eigenvalue weighted by Gasteiger charge is -2.49. The zero-order chi connectivity index (χ0) is 30.7. The van der Waals surface area contributed by atoms with E-state index in [1.807, 2.05) is 24.3 Å². The molecule has 8 rings (SSSR count). The Balaban J connectivity index is 1.03. The second-order valence-electron chi connectivity index (χ2n) is 13.3. The molecule has 0 unspecified atom stereocenters. The third kappa shape index (κ3) is 6.14. The fraction of sp³-hybridized carbons (Fsp3) is 0.450. The van der Waals surface area contributed by atoms with E-state index in [0.29, 0.717) is 11.1 Å². The van der Waals surface area contributed by atoms with Crippen LogP contribution in [0.4, 0.5) is 0 Å². The minimum atomic E-state index is -0.326. The highest BCUT2D eigenvalue weighted by molar-refractivity contribution is 5.89. The van der Waals surface area contributed by atoms with E-state index in [0.717, 1.165) is 88.2 Å². The van der Waals surface area contributed by atoms with Crippen LogP contribution >= 0.6 is 0 Å². The van der Waals surface area contributed by atoms with E-state index < -0.39 is 0 Å². The van der Waals surface area contributed by atoms with E-state index >= 15 is 0 Å². The van der Waals surface area contributed by atoms with Gasteiger partial charge in [0.05, 0.1) is 25.3 Å². The molecule has 0 amide bonds. The largest absolute Gasteiger partial charge is 0.465 e. The monoisotopic (exact) mass is 582 g/mol. The number of benzene rings is 2. The molecule has 0 heterocycles. The Kier molecular flexibility index (Phi) is 8.06. The maximum atomic E-state index is 11.7. The summed E-state index contributed by atoms with van der Waals surface area (Å²) in [6.07, 6.45) is 13.1. The average molecular weight is 583 g/mol. The topological polar surface area (TPSA) is 52.6 Å². The van der Waals surface area contributed by atoms with Gasteiger partial charge in [0, 0.05) is 32.8 Å². The Morgan fingerprint density at radius 1 is 0.477 bits per heavy atom. The summed E-state index contributed by atoms with van der Waals surface area (Å²) in [4.78, 5) is 23.4. The van der Waals surface area contributed by atoms with Crippen LogP contribution in [0, 0.1) is 69.0 Å². The van der Waals surface area contributed by atoms with Crippen LogP contribution in [0.25, 0.3) is 0 Å². The summed E-state index contributed by atoms with van der Waals surface area (Å²) in [6, 6.07) is 14.7. The van der Waals surface area contributed by atoms with Crippen molar-refractivity contribution in [1.29, 1.82) is 0 Å². The van der Waals surface area contributed by atoms with Gasteiger partial charge in [-0.25, -0.2) is 9.59 Å². The molecule has 4 nitrogen and oxygen atoms in total. The van der Waals surface area contributed by atoms with E-state index in [1.165, 1.54) is 14.2 Å². The highest BCUT2D eigenvalue weighted by atomic mass is 16.5. The maximum Gasteiger partial charge on any atom is 0.337 e. The van der Waals surface area contributed by atoms with Gasteiger partial charge in [-0.05, 0) is 137 Å². The average Bonchev–Trinajstić information content (AvgIpc) is 3.10. The van der Waals surface area contributed by atoms with E-state index in [4.69, 9.17) is 9.47 Å². The van der Waals surface area contributed by atoms with Crippen LogP contribution in [0.5, 0.6) is 0 Å². The standard InChI is InChI=1S/C40H38O4/c1-43-35(41)33-9-5-31(6-10-33)13-17-39-25-19-37(20-26-39,21-27-39)15-3-4-16-38-22-28-40(29-23-38,30-24-38)18-14-32-7-11-34(12-8-32)36(42)44-2/h5-12H,19-30H2,1-2H3. The maximum absolute atomic E-state index is 11.7. The normalized spacial score (nSPS) is 29.2. The van der Waals surface area contributed by atoms with Crippen LogP contribution in [-0.4, -0.2) is 26.2 Å². The summed E-state index contributed by atoms with van der Waals surface area (Å²) in [5.74, 6) is 27.2. The molecule has 4 heteroatoms. The second-order valence-corrected chi connectivity index (χ2v) is 13.3. The molecule has 44 heavy (non-hydrogen) atoms. The Hall–Kier alpha value is -4.38. The number of carbonyl (C=O) groups excluding carboxylic acids is 2. The summed E-state index contributed by atoms with van der Waals surface area (Å²) in [5.41, 5.74) is 3.32. The number of carbonyl (C=O) groups is 2. The van der Waals surface area contributed by atoms with Crippen molar-refractivity contribution in [3.8, 4) is 47.4 Å². The molecule has 6 fully saturated rings. The molecule has 0 atom stereocenters. The van der Waals surface area contributed by atoms with E-state index in [1.54, 1.807) is 24.3 Å². The number of methoxy groups -OCH3 is 2. The highest BCUT2D eigenvalue weighted by Gasteiger charge is 2.48. The minimum Gasteiger partial charge on any atom is -0.465 e. The molecule has 6 aliphatic rings. The van der Waals surface area contributed by atoms with Gasteiger partial charge < -0.3 is 9.47 Å². The Morgan fingerprint density at radius 2 is 0.750 bits per heavy atom. The van der Waals surface area contributed by atoms with Crippen molar-refractivity contribution in [3.63, 3.8) is 0 Å². The quantitative estimate of drug-likeness (QED) is 0.274. The second kappa shape index (κ2) is 12.0. The van der Waals surface area contributed by atoms with Gasteiger partial charge in [-0.1, -0.05) is 35.5 Å². The summed E-state index contributed by atoms with van der Waals surface area (Å²) in [6.45, 7) is 0. The molecule has 4 bridgehead atoms. The zero-order valence-corrected chi connectivity index (χ0v) is 25.7. The summed E-state index contributed by atoms with van der Waals surface area (Å²) >= 11 is 0. The number of esters is 2. The summed E-state index contributed by atoms with van der Waals surface area (Å²) < 4.78 is 9.57. The van der Waals surface area contributed by atoms with Crippen LogP contribution in [0.3, 0.4) is 0 Å². The molecule has 0 aromatic heterocycles. The van der Waals surface area contributed by atoms with Gasteiger partial charge in [0.2, 0.25) is 0 Å².